The fourth-order valence-electron chi connectivity index (χ4n) is 5.53. The highest BCUT2D eigenvalue weighted by Gasteiger charge is 2.38. The van der Waals surface area contributed by atoms with Crippen LogP contribution < -0.4 is 37.2 Å². The van der Waals surface area contributed by atoms with Crippen molar-refractivity contribution >= 4 is 47.3 Å². The van der Waals surface area contributed by atoms with Crippen molar-refractivity contribution in [3.8, 4) is 0 Å². The summed E-state index contributed by atoms with van der Waals surface area (Å²) in [5, 5.41) is 27.8. The molecule has 0 spiro atoms. The van der Waals surface area contributed by atoms with Crippen molar-refractivity contribution in [2.75, 3.05) is 6.54 Å². The summed E-state index contributed by atoms with van der Waals surface area (Å²) < 4.78 is 0. The van der Waals surface area contributed by atoms with E-state index in [1.54, 1.807) is 13.8 Å². The predicted molar refractivity (Wildman–Crippen MR) is 210 cm³/mol. The summed E-state index contributed by atoms with van der Waals surface area (Å²) in [5.74, 6) is -5.71. The van der Waals surface area contributed by atoms with E-state index in [4.69, 9.17) is 0 Å². The molecule has 7 unspecified atom stereocenters. The molecule has 0 bridgehead atoms. The monoisotopic (exact) mass is 782 g/mol. The molecule has 0 aliphatic carbocycles. The van der Waals surface area contributed by atoms with Gasteiger partial charge in [0.2, 0.25) is 41.4 Å². The molecule has 16 heteroatoms. The molecule has 8 N–H and O–H groups in total. The number of amides is 7. The average molecular weight is 782 g/mol. The van der Waals surface area contributed by atoms with Gasteiger partial charge >= 0.3 is 5.97 Å². The molecular formula is C39H71N7O9. The minimum Gasteiger partial charge on any atom is -0.480 e. The highest BCUT2D eigenvalue weighted by Crippen LogP contribution is 2.15. The van der Waals surface area contributed by atoms with Crippen LogP contribution in [0.5, 0.6) is 0 Å². The number of aliphatic carboxylic acids is 1. The summed E-state index contributed by atoms with van der Waals surface area (Å²) in [6.07, 6.45) is 6.27. The molecule has 0 saturated heterocycles. The third-order valence-electron chi connectivity index (χ3n) is 9.53. The van der Waals surface area contributed by atoms with E-state index in [2.05, 4.69) is 44.1 Å². The third-order valence-corrected chi connectivity index (χ3v) is 9.53. The lowest BCUT2D eigenvalue weighted by molar-refractivity contribution is -0.143. The highest BCUT2D eigenvalue weighted by atomic mass is 16.4. The largest absolute Gasteiger partial charge is 0.480 e. The number of unbranched alkanes of at least 4 members (excludes halogenated alkanes) is 4. The molecule has 0 rings (SSSR count). The first kappa shape index (κ1) is 50.8. The molecule has 316 valence electrons. The number of carbonyl (C=O) groups is 8. The smallest absolute Gasteiger partial charge is 0.326 e. The Kier molecular flexibility index (Phi) is 23.8. The van der Waals surface area contributed by atoms with Gasteiger partial charge in [0.25, 0.3) is 0 Å². The second-order valence-electron chi connectivity index (χ2n) is 15.7. The van der Waals surface area contributed by atoms with Gasteiger partial charge in [-0.2, -0.15) is 0 Å². The van der Waals surface area contributed by atoms with Crippen LogP contribution in [0.15, 0.2) is 0 Å². The van der Waals surface area contributed by atoms with Crippen LogP contribution in [0, 0.1) is 17.8 Å². The molecule has 0 aliphatic heterocycles. The van der Waals surface area contributed by atoms with Gasteiger partial charge < -0.3 is 42.3 Å². The Hall–Kier alpha value is -4.24. The van der Waals surface area contributed by atoms with Gasteiger partial charge in [-0.05, 0) is 64.2 Å². The summed E-state index contributed by atoms with van der Waals surface area (Å²) in [7, 11) is 0. The van der Waals surface area contributed by atoms with E-state index in [1.807, 2.05) is 34.6 Å². The normalized spacial score (nSPS) is 15.6. The predicted octanol–water partition coefficient (Wildman–Crippen LogP) is 2.43. The summed E-state index contributed by atoms with van der Waals surface area (Å²) in [4.78, 5) is 103. The summed E-state index contributed by atoms with van der Waals surface area (Å²) in [5.41, 5.74) is -1.52. The van der Waals surface area contributed by atoms with Crippen LogP contribution >= 0.6 is 0 Å². The van der Waals surface area contributed by atoms with E-state index in [-0.39, 0.29) is 49.5 Å². The number of carboxylic acids is 1. The number of rotatable bonds is 27. The van der Waals surface area contributed by atoms with Gasteiger partial charge in [0, 0.05) is 6.42 Å². The van der Waals surface area contributed by atoms with Crippen LogP contribution in [0.3, 0.4) is 0 Å². The molecule has 0 saturated carbocycles. The quantitative estimate of drug-likeness (QED) is 0.0570. The molecule has 55 heavy (non-hydrogen) atoms. The molecule has 0 aromatic rings. The van der Waals surface area contributed by atoms with Crippen LogP contribution in [-0.4, -0.2) is 94.7 Å². The molecule has 7 amide bonds. The molecule has 0 heterocycles. The van der Waals surface area contributed by atoms with E-state index >= 15 is 0 Å². The average Bonchev–Trinajstić information content (AvgIpc) is 3.10. The van der Waals surface area contributed by atoms with E-state index in [9.17, 15) is 43.5 Å². The minimum absolute atomic E-state index is 0.00387. The Labute approximate surface area is 328 Å². The SMILES string of the molecule is CCCCCCCC(=O)NCC(=O)NC(C)C(=O)NC(CC(C)C)C(=O)NC(C)(CC)C(=O)NC(C)C(=O)NC(C(=O)NC(CC(C)C)C(=O)O)C(C)CC. The van der Waals surface area contributed by atoms with Crippen LogP contribution in [0.4, 0.5) is 0 Å². The maximum atomic E-state index is 13.6. The number of carboxylic acid groups (broad SMARTS) is 1. The zero-order valence-electron chi connectivity index (χ0n) is 35.1. The van der Waals surface area contributed by atoms with Gasteiger partial charge in [-0.25, -0.2) is 4.79 Å². The first-order chi connectivity index (χ1) is 25.6. The maximum Gasteiger partial charge on any atom is 0.326 e. The molecule has 0 fully saturated rings. The van der Waals surface area contributed by atoms with E-state index in [1.165, 1.54) is 20.8 Å². The topological polar surface area (TPSA) is 241 Å². The third kappa shape index (κ3) is 19.8. The Balaban J connectivity index is 5.54. The zero-order chi connectivity index (χ0) is 42.5. The van der Waals surface area contributed by atoms with Crippen molar-refractivity contribution in [3.63, 3.8) is 0 Å². The van der Waals surface area contributed by atoms with Gasteiger partial charge in [-0.15, -0.1) is 0 Å². The van der Waals surface area contributed by atoms with E-state index in [0.29, 0.717) is 12.8 Å². The highest BCUT2D eigenvalue weighted by molar-refractivity contribution is 5.98. The standard InChI is InChI=1S/C39H71N7O9/c1-12-15-16-17-18-19-30(47)40-22-31(48)41-26(9)33(49)43-28(20-23(4)5)35(51)46-39(11,14-3)38(55)42-27(10)34(50)45-32(25(8)13-2)36(52)44-29(37(53)54)21-24(6)7/h23-29,32H,12-22H2,1-11H3,(H,40,47)(H,41,48)(H,42,55)(H,43,49)(H,44,52)(H,45,50)(H,46,51)(H,53,54). The van der Waals surface area contributed by atoms with Crippen molar-refractivity contribution in [3.05, 3.63) is 0 Å². The fraction of sp³-hybridized carbons (Fsp3) is 0.795. The Bertz CT molecular complexity index is 1290. The number of hydrogen-bond donors (Lipinski definition) is 8. The molecule has 0 radical (unpaired) electrons. The van der Waals surface area contributed by atoms with Crippen molar-refractivity contribution in [1.82, 2.24) is 37.2 Å². The minimum atomic E-state index is -1.52. The number of hydrogen-bond acceptors (Lipinski definition) is 8. The van der Waals surface area contributed by atoms with Gasteiger partial charge in [0.05, 0.1) is 6.54 Å². The molecule has 0 aromatic heterocycles. The summed E-state index contributed by atoms with van der Waals surface area (Å²) in [6, 6.07) is -5.46. The Morgan fingerprint density at radius 3 is 1.65 bits per heavy atom. The first-order valence-electron chi connectivity index (χ1n) is 19.9. The van der Waals surface area contributed by atoms with Crippen molar-refractivity contribution < 1.29 is 43.5 Å². The molecular weight excluding hydrogens is 710 g/mol. The number of nitrogens with one attached hydrogen (secondary N) is 7. The van der Waals surface area contributed by atoms with E-state index in [0.717, 1.165) is 32.1 Å². The van der Waals surface area contributed by atoms with Crippen molar-refractivity contribution in [2.24, 2.45) is 17.8 Å². The van der Waals surface area contributed by atoms with Crippen LogP contribution in [0.2, 0.25) is 0 Å². The second kappa shape index (κ2) is 25.8. The lowest BCUT2D eigenvalue weighted by atomic mass is 9.94. The number of carbonyl (C=O) groups excluding carboxylic acids is 7. The molecule has 16 nitrogen and oxygen atoms in total. The van der Waals surface area contributed by atoms with E-state index < -0.39 is 77.2 Å². The second-order valence-corrected chi connectivity index (χ2v) is 15.7. The van der Waals surface area contributed by atoms with Crippen molar-refractivity contribution in [2.45, 2.75) is 176 Å². The summed E-state index contributed by atoms with van der Waals surface area (Å²) >= 11 is 0. The summed E-state index contributed by atoms with van der Waals surface area (Å²) in [6.45, 7) is 18.8. The van der Waals surface area contributed by atoms with Crippen LogP contribution in [-0.2, 0) is 38.4 Å². The Morgan fingerprint density at radius 1 is 0.600 bits per heavy atom. The lowest BCUT2D eigenvalue weighted by Crippen LogP contribution is -2.63. The van der Waals surface area contributed by atoms with Gasteiger partial charge in [0.1, 0.15) is 35.7 Å². The van der Waals surface area contributed by atoms with Gasteiger partial charge in [-0.3, -0.25) is 33.6 Å². The fourth-order valence-corrected chi connectivity index (χ4v) is 5.53. The lowest BCUT2D eigenvalue weighted by Gasteiger charge is -2.33. The molecule has 7 atom stereocenters. The molecule has 0 aromatic carbocycles. The van der Waals surface area contributed by atoms with Gasteiger partial charge in [-0.1, -0.05) is 87.5 Å². The van der Waals surface area contributed by atoms with Gasteiger partial charge in [0.15, 0.2) is 0 Å². The maximum absolute atomic E-state index is 13.6. The Morgan fingerprint density at radius 2 is 1.13 bits per heavy atom. The van der Waals surface area contributed by atoms with Crippen LogP contribution in [0.25, 0.3) is 0 Å². The molecule has 0 aliphatic rings. The zero-order valence-corrected chi connectivity index (χ0v) is 35.1. The first-order valence-corrected chi connectivity index (χ1v) is 19.9. The van der Waals surface area contributed by atoms with Crippen molar-refractivity contribution in [1.29, 1.82) is 0 Å². The van der Waals surface area contributed by atoms with Crippen LogP contribution in [0.1, 0.15) is 140 Å².